The van der Waals surface area contributed by atoms with E-state index in [9.17, 15) is 4.79 Å². The third-order valence-electron chi connectivity index (χ3n) is 4.36. The Morgan fingerprint density at radius 2 is 2.10 bits per heavy atom. The molecule has 2 heteroatoms. The minimum absolute atomic E-state index is 0.0239. The molecule has 1 aliphatic carbocycles. The Labute approximate surface area is 128 Å². The fourth-order valence-corrected chi connectivity index (χ4v) is 3.27. The Morgan fingerprint density at radius 3 is 2.67 bits per heavy atom. The zero-order valence-corrected chi connectivity index (χ0v) is 12.9. The van der Waals surface area contributed by atoms with Gasteiger partial charge in [-0.25, -0.2) is 0 Å². The van der Waals surface area contributed by atoms with Crippen LogP contribution in [-0.2, 0) is 10.2 Å². The summed E-state index contributed by atoms with van der Waals surface area (Å²) in [6.07, 6.45) is 9.96. The Balaban J connectivity index is 2.44. The summed E-state index contributed by atoms with van der Waals surface area (Å²) in [5.74, 6) is 0.0239. The third kappa shape index (κ3) is 3.63. The third-order valence-corrected chi connectivity index (χ3v) is 4.36. The Bertz CT molecular complexity index is 518. The summed E-state index contributed by atoms with van der Waals surface area (Å²) in [7, 11) is 0. The van der Waals surface area contributed by atoms with Gasteiger partial charge in [0.2, 0.25) is 5.91 Å². The lowest BCUT2D eigenvalue weighted by Crippen LogP contribution is -2.41. The van der Waals surface area contributed by atoms with Gasteiger partial charge in [-0.1, -0.05) is 48.1 Å². The van der Waals surface area contributed by atoms with E-state index in [0.717, 1.165) is 19.3 Å². The molecule has 1 unspecified atom stereocenters. The number of benzene rings is 1. The van der Waals surface area contributed by atoms with Crippen LogP contribution in [0.5, 0.6) is 0 Å². The van der Waals surface area contributed by atoms with E-state index in [2.05, 4.69) is 42.2 Å². The number of rotatable bonds is 6. The van der Waals surface area contributed by atoms with Gasteiger partial charge in [-0.2, -0.15) is 0 Å². The molecule has 0 aliphatic heterocycles. The molecule has 1 amide bonds. The quantitative estimate of drug-likeness (QED) is 0.781. The van der Waals surface area contributed by atoms with Gasteiger partial charge in [0.15, 0.2) is 0 Å². The number of carbonyl (C=O) groups is 1. The van der Waals surface area contributed by atoms with Crippen LogP contribution in [0.1, 0.15) is 44.6 Å². The molecule has 0 heterocycles. The molecule has 0 aromatic heterocycles. The molecule has 1 aromatic rings. The number of hydrogen-bond acceptors (Lipinski definition) is 1. The van der Waals surface area contributed by atoms with Crippen LogP contribution in [0.3, 0.4) is 0 Å². The molecule has 0 spiro atoms. The van der Waals surface area contributed by atoms with Gasteiger partial charge in [-0.3, -0.25) is 4.79 Å². The maximum absolute atomic E-state index is 11.5. The number of amides is 1. The smallest absolute Gasteiger partial charge is 0.216 e. The summed E-state index contributed by atoms with van der Waals surface area (Å²) in [5, 5.41) is 3.04. The maximum atomic E-state index is 11.5. The normalized spacial score (nSPS) is 17.5. The maximum Gasteiger partial charge on any atom is 0.216 e. The lowest BCUT2D eigenvalue weighted by molar-refractivity contribution is -0.119. The van der Waals surface area contributed by atoms with Crippen molar-refractivity contribution in [3.63, 3.8) is 0 Å². The monoisotopic (exact) mass is 283 g/mol. The summed E-state index contributed by atoms with van der Waals surface area (Å²) in [4.78, 5) is 11.5. The van der Waals surface area contributed by atoms with E-state index >= 15 is 0 Å². The Kier molecular flexibility index (Phi) is 5.38. The number of allylic oxidation sites excluding steroid dienone is 2. The van der Waals surface area contributed by atoms with Gasteiger partial charge in [0.25, 0.3) is 0 Å². The van der Waals surface area contributed by atoms with Gasteiger partial charge < -0.3 is 5.32 Å². The minimum Gasteiger partial charge on any atom is -0.355 e. The molecule has 0 fully saturated rings. The summed E-state index contributed by atoms with van der Waals surface area (Å²) in [5.41, 5.74) is 2.58. The van der Waals surface area contributed by atoms with Gasteiger partial charge in [-0.15, -0.1) is 6.58 Å². The molecule has 1 N–H and O–H groups in total. The van der Waals surface area contributed by atoms with E-state index in [0.29, 0.717) is 6.54 Å². The summed E-state index contributed by atoms with van der Waals surface area (Å²) in [6, 6.07) is 10.5. The minimum atomic E-state index is -0.144. The Morgan fingerprint density at radius 1 is 1.33 bits per heavy atom. The molecule has 1 atom stereocenters. The average molecular weight is 283 g/mol. The number of nitrogens with one attached hydrogen (secondary N) is 1. The van der Waals surface area contributed by atoms with Crippen LogP contribution in [0, 0.1) is 0 Å². The largest absolute Gasteiger partial charge is 0.355 e. The van der Waals surface area contributed by atoms with Gasteiger partial charge >= 0.3 is 0 Å². The zero-order valence-electron chi connectivity index (χ0n) is 12.9. The van der Waals surface area contributed by atoms with Gasteiger partial charge in [0.05, 0.1) is 0 Å². The highest BCUT2D eigenvalue weighted by Gasteiger charge is 2.35. The highest BCUT2D eigenvalue weighted by Crippen LogP contribution is 2.40. The van der Waals surface area contributed by atoms with Crippen LogP contribution in [0.2, 0.25) is 0 Å². The topological polar surface area (TPSA) is 29.1 Å². The van der Waals surface area contributed by atoms with Crippen molar-refractivity contribution in [2.75, 3.05) is 6.54 Å². The average Bonchev–Trinajstić information content (AvgIpc) is 2.53. The van der Waals surface area contributed by atoms with E-state index < -0.39 is 0 Å². The van der Waals surface area contributed by atoms with Crippen molar-refractivity contribution in [3.8, 4) is 0 Å². The highest BCUT2D eigenvalue weighted by atomic mass is 16.1. The first-order valence-corrected chi connectivity index (χ1v) is 7.79. The molecule has 0 saturated carbocycles. The van der Waals surface area contributed by atoms with Crippen LogP contribution in [0.15, 0.2) is 54.6 Å². The van der Waals surface area contributed by atoms with Gasteiger partial charge in [0, 0.05) is 18.9 Å². The standard InChI is InChI=1S/C19H25NO/c1-3-14-19(15-20-16(2)21,17-10-6-4-7-11-17)18-12-8-5-9-13-18/h3-4,6-7,10-12H,1,5,8-9,13-15H2,2H3,(H,20,21). The molecular formula is C19H25NO. The number of carbonyl (C=O) groups excluding carboxylic acids is 1. The highest BCUT2D eigenvalue weighted by molar-refractivity contribution is 5.73. The first-order valence-electron chi connectivity index (χ1n) is 7.79. The molecule has 1 aliphatic rings. The van der Waals surface area contributed by atoms with Crippen molar-refractivity contribution in [1.29, 1.82) is 0 Å². The van der Waals surface area contributed by atoms with Crippen LogP contribution >= 0.6 is 0 Å². The fourth-order valence-electron chi connectivity index (χ4n) is 3.27. The van der Waals surface area contributed by atoms with Crippen LogP contribution in [0.25, 0.3) is 0 Å². The second-order valence-electron chi connectivity index (χ2n) is 5.83. The van der Waals surface area contributed by atoms with Crippen molar-refractivity contribution in [2.24, 2.45) is 0 Å². The molecular weight excluding hydrogens is 258 g/mol. The van der Waals surface area contributed by atoms with Crippen molar-refractivity contribution in [3.05, 3.63) is 60.2 Å². The first-order chi connectivity index (χ1) is 10.2. The summed E-state index contributed by atoms with van der Waals surface area (Å²) >= 11 is 0. The van der Waals surface area contributed by atoms with E-state index in [4.69, 9.17) is 0 Å². The van der Waals surface area contributed by atoms with Crippen LogP contribution in [0.4, 0.5) is 0 Å². The molecule has 0 bridgehead atoms. The predicted molar refractivity (Wildman–Crippen MR) is 88.2 cm³/mol. The molecule has 1 aromatic carbocycles. The molecule has 112 valence electrons. The van der Waals surface area contributed by atoms with E-state index in [1.807, 2.05) is 12.1 Å². The summed E-state index contributed by atoms with van der Waals surface area (Å²) < 4.78 is 0. The van der Waals surface area contributed by atoms with E-state index in [-0.39, 0.29) is 11.3 Å². The van der Waals surface area contributed by atoms with Crippen molar-refractivity contribution < 1.29 is 4.79 Å². The zero-order chi connectivity index (χ0) is 15.1. The van der Waals surface area contributed by atoms with Gasteiger partial charge in [-0.05, 0) is 37.7 Å². The predicted octanol–water partition coefficient (Wildman–Crippen LogP) is 4.14. The lowest BCUT2D eigenvalue weighted by Gasteiger charge is -2.38. The SMILES string of the molecule is C=CCC(CNC(C)=O)(C1=CCCCC1)c1ccccc1. The molecule has 21 heavy (non-hydrogen) atoms. The van der Waals surface area contributed by atoms with E-state index in [1.165, 1.54) is 24.0 Å². The number of hydrogen-bond donors (Lipinski definition) is 1. The molecule has 0 saturated heterocycles. The molecule has 2 rings (SSSR count). The second kappa shape index (κ2) is 7.26. The van der Waals surface area contributed by atoms with Gasteiger partial charge in [0.1, 0.15) is 0 Å². The van der Waals surface area contributed by atoms with Crippen molar-refractivity contribution >= 4 is 5.91 Å². The van der Waals surface area contributed by atoms with Crippen LogP contribution in [-0.4, -0.2) is 12.5 Å². The van der Waals surface area contributed by atoms with E-state index in [1.54, 1.807) is 6.92 Å². The van der Waals surface area contributed by atoms with Crippen LogP contribution < -0.4 is 5.32 Å². The fraction of sp³-hybridized carbons (Fsp3) is 0.421. The molecule has 0 radical (unpaired) electrons. The van der Waals surface area contributed by atoms with Crippen molar-refractivity contribution in [1.82, 2.24) is 5.32 Å². The van der Waals surface area contributed by atoms with Crippen molar-refractivity contribution in [2.45, 2.75) is 44.4 Å². The first kappa shape index (κ1) is 15.6. The Hall–Kier alpha value is -1.83. The molecule has 2 nitrogen and oxygen atoms in total. The lowest BCUT2D eigenvalue weighted by atomic mass is 9.68. The summed E-state index contributed by atoms with van der Waals surface area (Å²) in [6.45, 7) is 6.18. The second-order valence-corrected chi connectivity index (χ2v) is 5.83.